The Morgan fingerprint density at radius 3 is 2.79 bits per heavy atom. The van der Waals surface area contributed by atoms with Crippen molar-refractivity contribution in [2.75, 3.05) is 5.32 Å². The maximum Gasteiger partial charge on any atom is 0.258 e. The van der Waals surface area contributed by atoms with Gasteiger partial charge >= 0.3 is 0 Å². The molecule has 146 valence electrons. The molecule has 2 aromatic heterocycles. The molecule has 2 aromatic carbocycles. The molecule has 29 heavy (non-hydrogen) atoms. The van der Waals surface area contributed by atoms with E-state index in [1.54, 1.807) is 24.4 Å². The molecule has 1 amide bonds. The van der Waals surface area contributed by atoms with Gasteiger partial charge in [-0.25, -0.2) is 4.98 Å². The SMILES string of the molecule is Cc1cn2c(=O)cc(COc3cccc(NC(=O)Cc4ccccc4)c3)nc2s1. The molecule has 0 unspecified atom stereocenters. The summed E-state index contributed by atoms with van der Waals surface area (Å²) in [5, 5.41) is 2.88. The third-order valence-electron chi connectivity index (χ3n) is 4.25. The Kier molecular flexibility index (Phi) is 5.39. The molecule has 4 rings (SSSR count). The van der Waals surface area contributed by atoms with Crippen LogP contribution in [0.25, 0.3) is 4.96 Å². The molecule has 0 aliphatic carbocycles. The summed E-state index contributed by atoms with van der Waals surface area (Å²) in [6, 6.07) is 18.2. The number of aryl methyl sites for hydroxylation is 1. The first-order valence-electron chi connectivity index (χ1n) is 9.12. The second kappa shape index (κ2) is 8.28. The van der Waals surface area contributed by atoms with Gasteiger partial charge in [0.25, 0.3) is 5.56 Å². The van der Waals surface area contributed by atoms with Crippen molar-refractivity contribution in [2.24, 2.45) is 0 Å². The van der Waals surface area contributed by atoms with E-state index < -0.39 is 0 Å². The fourth-order valence-electron chi connectivity index (χ4n) is 2.94. The van der Waals surface area contributed by atoms with E-state index in [1.165, 1.54) is 21.8 Å². The maximum absolute atomic E-state index is 12.2. The Labute approximate surface area is 171 Å². The number of hydrogen-bond acceptors (Lipinski definition) is 5. The van der Waals surface area contributed by atoms with Crippen molar-refractivity contribution < 1.29 is 9.53 Å². The van der Waals surface area contributed by atoms with Crippen LogP contribution in [0.2, 0.25) is 0 Å². The highest BCUT2D eigenvalue weighted by Crippen LogP contribution is 2.19. The van der Waals surface area contributed by atoms with Crippen LogP contribution in [0.5, 0.6) is 5.75 Å². The summed E-state index contributed by atoms with van der Waals surface area (Å²) < 4.78 is 7.32. The predicted molar refractivity (Wildman–Crippen MR) is 114 cm³/mol. The smallest absolute Gasteiger partial charge is 0.258 e. The molecule has 6 nitrogen and oxygen atoms in total. The molecular weight excluding hydrogens is 386 g/mol. The minimum Gasteiger partial charge on any atom is -0.487 e. The molecule has 7 heteroatoms. The highest BCUT2D eigenvalue weighted by molar-refractivity contribution is 7.16. The van der Waals surface area contributed by atoms with Gasteiger partial charge in [0.15, 0.2) is 4.96 Å². The molecule has 0 saturated heterocycles. The van der Waals surface area contributed by atoms with E-state index in [2.05, 4.69) is 10.3 Å². The molecular formula is C22H19N3O3S. The first-order chi connectivity index (χ1) is 14.1. The Bertz CT molecular complexity index is 1210. The lowest BCUT2D eigenvalue weighted by Gasteiger charge is -2.09. The zero-order chi connectivity index (χ0) is 20.2. The van der Waals surface area contributed by atoms with E-state index in [1.807, 2.05) is 43.3 Å². The van der Waals surface area contributed by atoms with Crippen molar-refractivity contribution in [1.82, 2.24) is 9.38 Å². The largest absolute Gasteiger partial charge is 0.487 e. The van der Waals surface area contributed by atoms with Gasteiger partial charge in [-0.2, -0.15) is 0 Å². The van der Waals surface area contributed by atoms with Gasteiger partial charge in [0.2, 0.25) is 5.91 Å². The molecule has 1 N–H and O–H groups in total. The van der Waals surface area contributed by atoms with Crippen LogP contribution in [-0.2, 0) is 17.8 Å². The van der Waals surface area contributed by atoms with Gasteiger partial charge < -0.3 is 10.1 Å². The molecule has 0 spiro atoms. The fraction of sp³-hybridized carbons (Fsp3) is 0.136. The van der Waals surface area contributed by atoms with Gasteiger partial charge in [0.05, 0.1) is 12.1 Å². The highest BCUT2D eigenvalue weighted by Gasteiger charge is 2.08. The van der Waals surface area contributed by atoms with Crippen LogP contribution in [0.15, 0.2) is 71.7 Å². The number of nitrogens with one attached hydrogen (secondary N) is 1. The number of hydrogen-bond donors (Lipinski definition) is 1. The van der Waals surface area contributed by atoms with E-state index in [0.29, 0.717) is 28.5 Å². The first kappa shape index (κ1) is 18.9. The number of nitrogens with zero attached hydrogens (tertiary/aromatic N) is 2. The van der Waals surface area contributed by atoms with Crippen molar-refractivity contribution >= 4 is 27.9 Å². The van der Waals surface area contributed by atoms with Crippen molar-refractivity contribution in [3.05, 3.63) is 93.3 Å². The standard InChI is InChI=1S/C22H19N3O3S/c1-15-13-25-21(27)12-18(24-22(25)29-15)14-28-19-9-5-8-17(11-19)23-20(26)10-16-6-3-2-4-7-16/h2-9,11-13H,10,14H2,1H3,(H,23,26). The molecule has 0 saturated carbocycles. The number of amides is 1. The van der Waals surface area contributed by atoms with E-state index >= 15 is 0 Å². The van der Waals surface area contributed by atoms with Crippen LogP contribution in [0.4, 0.5) is 5.69 Å². The van der Waals surface area contributed by atoms with E-state index in [9.17, 15) is 9.59 Å². The lowest BCUT2D eigenvalue weighted by atomic mass is 10.1. The number of aromatic nitrogens is 2. The molecule has 4 aromatic rings. The van der Waals surface area contributed by atoms with Gasteiger partial charge in [0, 0.05) is 28.9 Å². The number of carbonyl (C=O) groups excluding carboxylic acids is 1. The summed E-state index contributed by atoms with van der Waals surface area (Å²) in [4.78, 5) is 30.6. The van der Waals surface area contributed by atoms with E-state index in [0.717, 1.165) is 10.4 Å². The van der Waals surface area contributed by atoms with Crippen LogP contribution in [-0.4, -0.2) is 15.3 Å². The topological polar surface area (TPSA) is 72.7 Å². The van der Waals surface area contributed by atoms with Crippen molar-refractivity contribution in [2.45, 2.75) is 20.0 Å². The number of benzene rings is 2. The fourth-order valence-corrected chi connectivity index (χ4v) is 3.79. The summed E-state index contributed by atoms with van der Waals surface area (Å²) in [7, 11) is 0. The van der Waals surface area contributed by atoms with Crippen LogP contribution >= 0.6 is 11.3 Å². The average Bonchev–Trinajstić information content (AvgIpc) is 3.08. The summed E-state index contributed by atoms with van der Waals surface area (Å²) in [6.07, 6.45) is 2.08. The van der Waals surface area contributed by atoms with E-state index in [-0.39, 0.29) is 18.1 Å². The lowest BCUT2D eigenvalue weighted by Crippen LogP contribution is -2.15. The Morgan fingerprint density at radius 1 is 1.14 bits per heavy atom. The quantitative estimate of drug-likeness (QED) is 0.529. The van der Waals surface area contributed by atoms with Crippen molar-refractivity contribution in [3.8, 4) is 5.75 Å². The minimum absolute atomic E-state index is 0.0958. The van der Waals surface area contributed by atoms with Gasteiger partial charge in [-0.15, -0.1) is 11.3 Å². The third kappa shape index (κ3) is 4.70. The van der Waals surface area contributed by atoms with Gasteiger partial charge in [-0.1, -0.05) is 36.4 Å². The molecule has 0 aliphatic rings. The third-order valence-corrected chi connectivity index (χ3v) is 5.15. The van der Waals surface area contributed by atoms with E-state index in [4.69, 9.17) is 4.74 Å². The summed E-state index contributed by atoms with van der Waals surface area (Å²) in [5.74, 6) is 0.494. The van der Waals surface area contributed by atoms with Gasteiger partial charge in [-0.05, 0) is 24.6 Å². The zero-order valence-corrected chi connectivity index (χ0v) is 16.6. The number of carbonyl (C=O) groups is 1. The molecule has 0 radical (unpaired) electrons. The predicted octanol–water partition coefficient (Wildman–Crippen LogP) is 3.82. The summed E-state index contributed by atoms with van der Waals surface area (Å²) >= 11 is 1.46. The normalized spacial score (nSPS) is 10.8. The lowest BCUT2D eigenvalue weighted by molar-refractivity contribution is -0.115. The Hall–Kier alpha value is -3.45. The second-order valence-corrected chi connectivity index (χ2v) is 7.82. The number of rotatable bonds is 6. The van der Waals surface area contributed by atoms with Crippen LogP contribution < -0.4 is 15.6 Å². The van der Waals surface area contributed by atoms with Gasteiger partial charge in [-0.3, -0.25) is 14.0 Å². The van der Waals surface area contributed by atoms with Crippen molar-refractivity contribution in [3.63, 3.8) is 0 Å². The van der Waals surface area contributed by atoms with Gasteiger partial charge in [0.1, 0.15) is 12.4 Å². The molecule has 0 bridgehead atoms. The molecule has 0 atom stereocenters. The monoisotopic (exact) mass is 405 g/mol. The first-order valence-corrected chi connectivity index (χ1v) is 9.94. The average molecular weight is 405 g/mol. The molecule has 2 heterocycles. The maximum atomic E-state index is 12.2. The number of fused-ring (bicyclic) bond motifs is 1. The van der Waals surface area contributed by atoms with Crippen LogP contribution in [0, 0.1) is 6.92 Å². The summed E-state index contributed by atoms with van der Waals surface area (Å²) in [6.45, 7) is 2.11. The number of thiazole rings is 1. The molecule has 0 aliphatic heterocycles. The second-order valence-electron chi connectivity index (χ2n) is 6.61. The summed E-state index contributed by atoms with van der Waals surface area (Å²) in [5.41, 5.74) is 2.05. The Balaban J connectivity index is 1.41. The van der Waals surface area contributed by atoms with Crippen LogP contribution in [0.1, 0.15) is 16.1 Å². The van der Waals surface area contributed by atoms with Crippen LogP contribution in [0.3, 0.4) is 0 Å². The Morgan fingerprint density at radius 2 is 1.97 bits per heavy atom. The minimum atomic E-state index is -0.125. The zero-order valence-electron chi connectivity index (χ0n) is 15.8. The highest BCUT2D eigenvalue weighted by atomic mass is 32.1. The van der Waals surface area contributed by atoms with Crippen molar-refractivity contribution in [1.29, 1.82) is 0 Å². The number of anilines is 1. The number of ether oxygens (including phenoxy) is 1. The molecule has 0 fully saturated rings.